The van der Waals surface area contributed by atoms with E-state index in [0.29, 0.717) is 12.0 Å². The fourth-order valence-corrected chi connectivity index (χ4v) is 2.11. The molecule has 0 radical (unpaired) electrons. The van der Waals surface area contributed by atoms with Gasteiger partial charge in [0.2, 0.25) is 0 Å². The molecule has 0 aromatic heterocycles. The first-order chi connectivity index (χ1) is 11.5. The molecule has 2 aromatic rings. The van der Waals surface area contributed by atoms with Crippen LogP contribution in [-0.2, 0) is 16.0 Å². The van der Waals surface area contributed by atoms with Crippen LogP contribution in [0.4, 0.5) is 10.1 Å². The van der Waals surface area contributed by atoms with Crippen molar-refractivity contribution in [2.75, 3.05) is 11.9 Å². The van der Waals surface area contributed by atoms with Gasteiger partial charge in [0.1, 0.15) is 5.82 Å². The Hall–Kier alpha value is -2.73. The van der Waals surface area contributed by atoms with Crippen molar-refractivity contribution in [1.29, 1.82) is 0 Å². The standard InChI is InChI=1S/C18H19FN2O3/c1-12-7-8-14(10-16(12)19)21-18(24)17(23)20-11-15(22)9-13-5-3-2-4-6-13/h2-8,10,15,22H,9,11H2,1H3,(H,20,23)(H,21,24). The molecule has 0 spiro atoms. The highest BCUT2D eigenvalue weighted by molar-refractivity contribution is 6.39. The Labute approximate surface area is 139 Å². The predicted octanol–water partition coefficient (Wildman–Crippen LogP) is 1.79. The monoisotopic (exact) mass is 330 g/mol. The summed E-state index contributed by atoms with van der Waals surface area (Å²) in [6.07, 6.45) is -0.438. The summed E-state index contributed by atoms with van der Waals surface area (Å²) in [5, 5.41) is 14.6. The molecule has 2 rings (SSSR count). The molecule has 0 bridgehead atoms. The van der Waals surface area contributed by atoms with E-state index >= 15 is 0 Å². The highest BCUT2D eigenvalue weighted by Gasteiger charge is 2.16. The number of hydrogen-bond donors (Lipinski definition) is 3. The van der Waals surface area contributed by atoms with Gasteiger partial charge >= 0.3 is 11.8 Å². The summed E-state index contributed by atoms with van der Waals surface area (Å²) in [7, 11) is 0. The third-order valence-electron chi connectivity index (χ3n) is 3.45. The number of halogens is 1. The lowest BCUT2D eigenvalue weighted by Crippen LogP contribution is -2.40. The average Bonchev–Trinajstić information content (AvgIpc) is 2.57. The Balaban J connectivity index is 1.81. The van der Waals surface area contributed by atoms with Crippen molar-refractivity contribution in [3.63, 3.8) is 0 Å². The quantitative estimate of drug-likeness (QED) is 0.732. The Morgan fingerprint density at radius 3 is 2.50 bits per heavy atom. The molecular weight excluding hydrogens is 311 g/mol. The number of anilines is 1. The van der Waals surface area contributed by atoms with E-state index in [2.05, 4.69) is 10.6 Å². The van der Waals surface area contributed by atoms with Crippen LogP contribution in [0.3, 0.4) is 0 Å². The first-order valence-electron chi connectivity index (χ1n) is 7.53. The van der Waals surface area contributed by atoms with Crippen LogP contribution in [0.15, 0.2) is 48.5 Å². The number of aliphatic hydroxyl groups excluding tert-OH is 1. The van der Waals surface area contributed by atoms with E-state index in [1.165, 1.54) is 12.1 Å². The third-order valence-corrected chi connectivity index (χ3v) is 3.45. The van der Waals surface area contributed by atoms with Gasteiger partial charge in [-0.05, 0) is 30.2 Å². The second kappa shape index (κ2) is 8.21. The van der Waals surface area contributed by atoms with Crippen molar-refractivity contribution >= 4 is 17.5 Å². The van der Waals surface area contributed by atoms with Crippen molar-refractivity contribution < 1.29 is 19.1 Å². The molecule has 1 unspecified atom stereocenters. The maximum atomic E-state index is 13.4. The molecule has 126 valence electrons. The molecular formula is C18H19FN2O3. The Morgan fingerprint density at radius 1 is 1.12 bits per heavy atom. The summed E-state index contributed by atoms with van der Waals surface area (Å²) >= 11 is 0. The molecule has 0 fully saturated rings. The molecule has 0 saturated carbocycles. The molecule has 6 heteroatoms. The first kappa shape index (κ1) is 17.6. The van der Waals surface area contributed by atoms with Gasteiger partial charge in [0.25, 0.3) is 0 Å². The van der Waals surface area contributed by atoms with E-state index in [0.717, 1.165) is 11.6 Å². The summed E-state index contributed by atoms with van der Waals surface area (Å²) in [6.45, 7) is 1.55. The molecule has 3 N–H and O–H groups in total. The number of carbonyl (C=O) groups excluding carboxylic acids is 2. The lowest BCUT2D eigenvalue weighted by atomic mass is 10.1. The second-order valence-electron chi connectivity index (χ2n) is 5.47. The minimum Gasteiger partial charge on any atom is -0.391 e. The highest BCUT2D eigenvalue weighted by Crippen LogP contribution is 2.13. The van der Waals surface area contributed by atoms with Gasteiger partial charge in [-0.3, -0.25) is 9.59 Å². The summed E-state index contributed by atoms with van der Waals surface area (Å²) in [4.78, 5) is 23.5. The van der Waals surface area contributed by atoms with Gasteiger partial charge in [-0.25, -0.2) is 4.39 Å². The lowest BCUT2D eigenvalue weighted by Gasteiger charge is -2.12. The molecule has 2 amide bonds. The van der Waals surface area contributed by atoms with E-state index in [-0.39, 0.29) is 12.2 Å². The van der Waals surface area contributed by atoms with Crippen molar-refractivity contribution in [3.8, 4) is 0 Å². The fourth-order valence-electron chi connectivity index (χ4n) is 2.11. The number of benzene rings is 2. The van der Waals surface area contributed by atoms with E-state index in [1.807, 2.05) is 30.3 Å². The molecule has 2 aromatic carbocycles. The maximum absolute atomic E-state index is 13.4. The number of aryl methyl sites for hydroxylation is 1. The third kappa shape index (κ3) is 5.17. The van der Waals surface area contributed by atoms with Crippen LogP contribution in [0.25, 0.3) is 0 Å². The van der Waals surface area contributed by atoms with Gasteiger partial charge in [-0.2, -0.15) is 0 Å². The van der Waals surface area contributed by atoms with E-state index in [9.17, 15) is 19.1 Å². The zero-order valence-corrected chi connectivity index (χ0v) is 13.3. The average molecular weight is 330 g/mol. The van der Waals surface area contributed by atoms with E-state index in [1.54, 1.807) is 6.92 Å². The molecule has 24 heavy (non-hydrogen) atoms. The van der Waals surface area contributed by atoms with Gasteiger partial charge in [0.05, 0.1) is 6.10 Å². The minimum absolute atomic E-state index is 0.0522. The lowest BCUT2D eigenvalue weighted by molar-refractivity contribution is -0.136. The smallest absolute Gasteiger partial charge is 0.313 e. The molecule has 0 aliphatic carbocycles. The Kier molecular flexibility index (Phi) is 6.03. The number of amides is 2. The summed E-state index contributed by atoms with van der Waals surface area (Å²) in [6, 6.07) is 13.5. The molecule has 0 saturated heterocycles. The zero-order valence-electron chi connectivity index (χ0n) is 13.3. The van der Waals surface area contributed by atoms with Gasteiger partial charge in [0.15, 0.2) is 0 Å². The number of carbonyl (C=O) groups is 2. The maximum Gasteiger partial charge on any atom is 0.313 e. The predicted molar refractivity (Wildman–Crippen MR) is 88.9 cm³/mol. The number of nitrogens with one attached hydrogen (secondary N) is 2. The zero-order chi connectivity index (χ0) is 17.5. The largest absolute Gasteiger partial charge is 0.391 e. The van der Waals surface area contributed by atoms with Gasteiger partial charge < -0.3 is 15.7 Å². The summed E-state index contributed by atoms with van der Waals surface area (Å²) in [5.41, 5.74) is 1.57. The summed E-state index contributed by atoms with van der Waals surface area (Å²) < 4.78 is 13.4. The van der Waals surface area contributed by atoms with Crippen LogP contribution in [0.2, 0.25) is 0 Å². The van der Waals surface area contributed by atoms with Crippen LogP contribution in [-0.4, -0.2) is 29.6 Å². The van der Waals surface area contributed by atoms with Gasteiger partial charge in [-0.1, -0.05) is 36.4 Å². The second-order valence-corrected chi connectivity index (χ2v) is 5.47. The van der Waals surface area contributed by atoms with Crippen LogP contribution in [0.1, 0.15) is 11.1 Å². The highest BCUT2D eigenvalue weighted by atomic mass is 19.1. The SMILES string of the molecule is Cc1ccc(NC(=O)C(=O)NCC(O)Cc2ccccc2)cc1F. The summed E-state index contributed by atoms with van der Waals surface area (Å²) in [5.74, 6) is -2.26. The molecule has 5 nitrogen and oxygen atoms in total. The molecule has 0 aliphatic rings. The van der Waals surface area contributed by atoms with Crippen LogP contribution in [0.5, 0.6) is 0 Å². The minimum atomic E-state index is -0.912. The van der Waals surface area contributed by atoms with Gasteiger partial charge in [0, 0.05) is 18.7 Å². The van der Waals surface area contributed by atoms with Crippen LogP contribution < -0.4 is 10.6 Å². The van der Waals surface area contributed by atoms with Gasteiger partial charge in [-0.15, -0.1) is 0 Å². The Bertz CT molecular complexity index is 719. The Morgan fingerprint density at radius 2 is 1.83 bits per heavy atom. The van der Waals surface area contributed by atoms with E-state index in [4.69, 9.17) is 0 Å². The fraction of sp³-hybridized carbons (Fsp3) is 0.222. The van der Waals surface area contributed by atoms with E-state index < -0.39 is 23.7 Å². The van der Waals surface area contributed by atoms with Crippen LogP contribution in [0, 0.1) is 12.7 Å². The van der Waals surface area contributed by atoms with Crippen molar-refractivity contribution in [3.05, 3.63) is 65.5 Å². The van der Waals surface area contributed by atoms with Crippen LogP contribution >= 0.6 is 0 Å². The topological polar surface area (TPSA) is 78.4 Å². The van der Waals surface area contributed by atoms with Crippen molar-refractivity contribution in [2.45, 2.75) is 19.4 Å². The number of rotatable bonds is 5. The normalized spacial score (nSPS) is 11.6. The molecule has 0 heterocycles. The number of hydrogen-bond acceptors (Lipinski definition) is 3. The van der Waals surface area contributed by atoms with Crippen molar-refractivity contribution in [2.24, 2.45) is 0 Å². The molecule has 1 atom stereocenters. The van der Waals surface area contributed by atoms with Crippen molar-refractivity contribution in [1.82, 2.24) is 5.32 Å². The first-order valence-corrected chi connectivity index (χ1v) is 7.53. The molecule has 0 aliphatic heterocycles. The number of aliphatic hydroxyl groups is 1.